The Hall–Kier alpha value is -2.20. The van der Waals surface area contributed by atoms with Crippen LogP contribution in [-0.2, 0) is 12.0 Å². The molecule has 0 radical (unpaired) electrons. The number of rotatable bonds is 5. The largest absolute Gasteiger partial charge is 0.504 e. The van der Waals surface area contributed by atoms with E-state index in [1.54, 1.807) is 7.11 Å². The van der Waals surface area contributed by atoms with Gasteiger partial charge in [-0.15, -0.1) is 0 Å². The highest BCUT2D eigenvalue weighted by Gasteiger charge is 2.19. The van der Waals surface area contributed by atoms with Crippen LogP contribution in [0.2, 0.25) is 0 Å². The van der Waals surface area contributed by atoms with Crippen LogP contribution in [0.25, 0.3) is 0 Å². The van der Waals surface area contributed by atoms with Crippen LogP contribution >= 0.6 is 0 Å². The van der Waals surface area contributed by atoms with Crippen molar-refractivity contribution < 1.29 is 9.84 Å². The molecule has 118 valence electrons. The average Bonchev–Trinajstić information content (AvgIpc) is 2.49. The lowest BCUT2D eigenvalue weighted by Crippen LogP contribution is -2.21. The molecule has 3 N–H and O–H groups in total. The van der Waals surface area contributed by atoms with Crippen LogP contribution in [0.4, 0.5) is 5.69 Å². The zero-order valence-corrected chi connectivity index (χ0v) is 13.6. The van der Waals surface area contributed by atoms with Crippen molar-refractivity contribution in [2.75, 3.05) is 12.5 Å². The molecule has 0 aliphatic heterocycles. The zero-order valence-electron chi connectivity index (χ0n) is 13.6. The Labute approximate surface area is 132 Å². The first-order valence-corrected chi connectivity index (χ1v) is 7.36. The predicted octanol–water partition coefficient (Wildman–Crippen LogP) is 3.82. The van der Waals surface area contributed by atoms with Gasteiger partial charge in [-0.05, 0) is 35.2 Å². The van der Waals surface area contributed by atoms with E-state index in [0.29, 0.717) is 12.3 Å². The number of phenols is 1. The van der Waals surface area contributed by atoms with Gasteiger partial charge in [-0.1, -0.05) is 39.0 Å². The van der Waals surface area contributed by atoms with E-state index >= 15 is 0 Å². The number of hydrazine groups is 1. The number of ether oxygens (including phenoxy) is 1. The lowest BCUT2D eigenvalue weighted by molar-refractivity contribution is 0.368. The highest BCUT2D eigenvalue weighted by atomic mass is 16.5. The molecule has 0 unspecified atom stereocenters. The molecule has 0 saturated carbocycles. The van der Waals surface area contributed by atoms with E-state index in [-0.39, 0.29) is 11.2 Å². The van der Waals surface area contributed by atoms with Crippen LogP contribution in [-0.4, -0.2) is 12.2 Å². The Balaban J connectivity index is 2.15. The molecule has 2 aromatic rings. The summed E-state index contributed by atoms with van der Waals surface area (Å²) in [4.78, 5) is 0. The molecule has 22 heavy (non-hydrogen) atoms. The lowest BCUT2D eigenvalue weighted by Gasteiger charge is -2.22. The summed E-state index contributed by atoms with van der Waals surface area (Å²) in [7, 11) is 1.57. The molecule has 0 fully saturated rings. The van der Waals surface area contributed by atoms with Gasteiger partial charge in [0, 0.05) is 17.8 Å². The topological polar surface area (TPSA) is 53.5 Å². The molecular weight excluding hydrogens is 276 g/mol. The summed E-state index contributed by atoms with van der Waals surface area (Å²) in [6, 6.07) is 13.7. The van der Waals surface area contributed by atoms with Crippen LogP contribution in [0, 0.1) is 0 Å². The molecule has 2 rings (SSSR count). The maximum absolute atomic E-state index is 10.3. The lowest BCUT2D eigenvalue weighted by atomic mass is 9.85. The minimum absolute atomic E-state index is 0.0113. The molecule has 2 aromatic carbocycles. The average molecular weight is 300 g/mol. The second kappa shape index (κ2) is 6.71. The van der Waals surface area contributed by atoms with Gasteiger partial charge in [-0.3, -0.25) is 0 Å². The first-order valence-electron chi connectivity index (χ1n) is 7.36. The minimum atomic E-state index is -0.0113. The van der Waals surface area contributed by atoms with Crippen molar-refractivity contribution >= 4 is 5.69 Å². The Morgan fingerprint density at radius 3 is 2.36 bits per heavy atom. The first kappa shape index (κ1) is 16.2. The number of methoxy groups -OCH3 is 1. The molecule has 0 saturated heterocycles. The van der Waals surface area contributed by atoms with Crippen LogP contribution in [0.15, 0.2) is 42.5 Å². The Bertz CT molecular complexity index is 619. The van der Waals surface area contributed by atoms with E-state index in [1.807, 2.05) is 42.5 Å². The SMILES string of the molecule is COc1cc(C(C)(C)C)cc(CNNc2ccccc2)c1O. The van der Waals surface area contributed by atoms with Gasteiger partial charge in [-0.25, -0.2) is 5.43 Å². The molecule has 4 nitrogen and oxygen atoms in total. The van der Waals surface area contributed by atoms with Crippen LogP contribution < -0.4 is 15.6 Å². The molecule has 4 heteroatoms. The summed E-state index contributed by atoms with van der Waals surface area (Å²) >= 11 is 0. The molecular formula is C18H24N2O2. The molecule has 0 bridgehead atoms. The molecule has 0 spiro atoms. The summed E-state index contributed by atoms with van der Waals surface area (Å²) in [6.45, 7) is 6.90. The maximum atomic E-state index is 10.3. The van der Waals surface area contributed by atoms with E-state index in [4.69, 9.17) is 4.74 Å². The van der Waals surface area contributed by atoms with Crippen molar-refractivity contribution in [1.29, 1.82) is 0 Å². The summed E-state index contributed by atoms with van der Waals surface area (Å²) in [5.74, 6) is 0.682. The van der Waals surface area contributed by atoms with Crippen molar-refractivity contribution in [3.63, 3.8) is 0 Å². The number of nitrogens with one attached hydrogen (secondary N) is 2. The first-order chi connectivity index (χ1) is 10.4. The highest BCUT2D eigenvalue weighted by molar-refractivity contribution is 5.50. The van der Waals surface area contributed by atoms with E-state index in [9.17, 15) is 5.11 Å². The zero-order chi connectivity index (χ0) is 16.2. The van der Waals surface area contributed by atoms with E-state index in [0.717, 1.165) is 16.8 Å². The standard InChI is InChI=1S/C18H24N2O2/c1-18(2,3)14-10-13(17(21)16(11-14)22-4)12-19-20-15-8-6-5-7-9-15/h5-11,19-21H,12H2,1-4H3. The van der Waals surface area contributed by atoms with Crippen molar-refractivity contribution in [3.8, 4) is 11.5 Å². The fourth-order valence-electron chi connectivity index (χ4n) is 2.15. The van der Waals surface area contributed by atoms with Crippen molar-refractivity contribution in [1.82, 2.24) is 5.43 Å². The summed E-state index contributed by atoms with van der Waals surface area (Å²) in [5.41, 5.74) is 9.12. The number of aromatic hydroxyl groups is 1. The van der Waals surface area contributed by atoms with Gasteiger partial charge in [0.15, 0.2) is 11.5 Å². The number of para-hydroxylation sites is 1. The molecule has 0 atom stereocenters. The third-order valence-corrected chi connectivity index (χ3v) is 3.53. The second-order valence-electron chi connectivity index (χ2n) is 6.28. The van der Waals surface area contributed by atoms with Crippen LogP contribution in [0.3, 0.4) is 0 Å². The second-order valence-corrected chi connectivity index (χ2v) is 6.28. The third kappa shape index (κ3) is 3.92. The van der Waals surface area contributed by atoms with Gasteiger partial charge in [0.1, 0.15) is 0 Å². The fourth-order valence-corrected chi connectivity index (χ4v) is 2.15. The number of anilines is 1. The van der Waals surface area contributed by atoms with E-state index in [2.05, 4.69) is 31.6 Å². The minimum Gasteiger partial charge on any atom is -0.504 e. The predicted molar refractivity (Wildman–Crippen MR) is 90.3 cm³/mol. The smallest absolute Gasteiger partial charge is 0.162 e. The quantitative estimate of drug-likeness (QED) is 0.735. The number of benzene rings is 2. The number of hydrogen-bond acceptors (Lipinski definition) is 4. The van der Waals surface area contributed by atoms with Crippen molar-refractivity contribution in [2.45, 2.75) is 32.7 Å². The van der Waals surface area contributed by atoms with Crippen molar-refractivity contribution in [2.24, 2.45) is 0 Å². The van der Waals surface area contributed by atoms with Crippen LogP contribution in [0.1, 0.15) is 31.9 Å². The molecule has 0 aromatic heterocycles. The van der Waals surface area contributed by atoms with Gasteiger partial charge < -0.3 is 15.3 Å². The highest BCUT2D eigenvalue weighted by Crippen LogP contribution is 2.35. The third-order valence-electron chi connectivity index (χ3n) is 3.53. The van der Waals surface area contributed by atoms with Gasteiger partial charge in [0.2, 0.25) is 0 Å². The van der Waals surface area contributed by atoms with Gasteiger partial charge in [0.05, 0.1) is 7.11 Å². The molecule has 0 amide bonds. The Morgan fingerprint density at radius 1 is 1.09 bits per heavy atom. The van der Waals surface area contributed by atoms with E-state index in [1.165, 1.54) is 0 Å². The molecule has 0 aliphatic carbocycles. The maximum Gasteiger partial charge on any atom is 0.162 e. The van der Waals surface area contributed by atoms with Gasteiger partial charge in [0.25, 0.3) is 0 Å². The van der Waals surface area contributed by atoms with Gasteiger partial charge >= 0.3 is 0 Å². The number of hydrogen-bond donors (Lipinski definition) is 3. The van der Waals surface area contributed by atoms with E-state index < -0.39 is 0 Å². The molecule has 0 heterocycles. The Morgan fingerprint density at radius 2 is 1.77 bits per heavy atom. The summed E-state index contributed by atoms with van der Waals surface area (Å²) < 4.78 is 5.29. The summed E-state index contributed by atoms with van der Waals surface area (Å²) in [5, 5.41) is 10.3. The molecule has 0 aliphatic rings. The number of phenolic OH excluding ortho intramolecular Hbond substituents is 1. The fraction of sp³-hybridized carbons (Fsp3) is 0.333. The van der Waals surface area contributed by atoms with Crippen LogP contribution in [0.5, 0.6) is 11.5 Å². The van der Waals surface area contributed by atoms with Gasteiger partial charge in [-0.2, -0.15) is 0 Å². The Kier molecular flexibility index (Phi) is 4.93. The summed E-state index contributed by atoms with van der Waals surface area (Å²) in [6.07, 6.45) is 0. The normalized spacial score (nSPS) is 11.3. The van der Waals surface area contributed by atoms with Crippen molar-refractivity contribution in [3.05, 3.63) is 53.6 Å². The monoisotopic (exact) mass is 300 g/mol.